The fourth-order valence-corrected chi connectivity index (χ4v) is 5.88. The van der Waals surface area contributed by atoms with Crippen molar-refractivity contribution in [2.75, 3.05) is 57.3 Å². The molecule has 2 fully saturated rings. The smallest absolute Gasteiger partial charge is 0.253 e. The van der Waals surface area contributed by atoms with E-state index in [1.165, 1.54) is 18.4 Å². The molecule has 2 aliphatic heterocycles. The molecule has 9 heteroatoms. The second kappa shape index (κ2) is 13.6. The third-order valence-corrected chi connectivity index (χ3v) is 8.30. The van der Waals surface area contributed by atoms with Crippen molar-refractivity contribution in [2.45, 2.75) is 25.4 Å². The van der Waals surface area contributed by atoms with E-state index in [4.69, 9.17) is 16.3 Å². The maximum absolute atomic E-state index is 12.6. The molecule has 0 unspecified atom stereocenters. The minimum atomic E-state index is -0.205. The Labute approximate surface area is 244 Å². The van der Waals surface area contributed by atoms with Crippen molar-refractivity contribution in [3.8, 4) is 5.75 Å². The van der Waals surface area contributed by atoms with Gasteiger partial charge in [-0.05, 0) is 61.8 Å². The Bertz CT molecular complexity index is 1210. The topological polar surface area (TPSA) is 60.9 Å². The number of halogens is 2. The summed E-state index contributed by atoms with van der Waals surface area (Å²) in [6, 6.07) is 20.5. The van der Waals surface area contributed by atoms with Gasteiger partial charge in [-0.25, -0.2) is 4.98 Å². The number of hydrogen-bond donors (Lipinski definition) is 1. The molecule has 5 rings (SSSR count). The Hall–Kier alpha value is -2.65. The molecule has 0 atom stereocenters. The first-order chi connectivity index (χ1) is 19.0. The van der Waals surface area contributed by atoms with Crippen molar-refractivity contribution in [2.24, 2.45) is 0 Å². The molecule has 2 aliphatic rings. The van der Waals surface area contributed by atoms with Gasteiger partial charge < -0.3 is 15.0 Å². The number of carbonyl (C=O) groups excluding carboxylic acids is 1. The maximum Gasteiger partial charge on any atom is 0.253 e. The first kappa shape index (κ1) is 27.9. The van der Waals surface area contributed by atoms with E-state index in [1.807, 2.05) is 30.3 Å². The summed E-state index contributed by atoms with van der Waals surface area (Å²) < 4.78 is 6.76. The summed E-state index contributed by atoms with van der Waals surface area (Å²) in [6.07, 6.45) is 4.02. The first-order valence-electron chi connectivity index (χ1n) is 13.6. The fourth-order valence-electron chi connectivity index (χ4n) is 5.33. The molecule has 206 valence electrons. The predicted molar refractivity (Wildman–Crippen MR) is 160 cm³/mol. The van der Waals surface area contributed by atoms with E-state index in [0.29, 0.717) is 29.8 Å². The van der Waals surface area contributed by atoms with Gasteiger partial charge in [-0.15, -0.1) is 0 Å². The molecule has 0 aliphatic carbocycles. The van der Waals surface area contributed by atoms with Crippen LogP contribution < -0.4 is 15.0 Å². The number of nitrogens with one attached hydrogen (secondary N) is 1. The van der Waals surface area contributed by atoms with Crippen LogP contribution in [0.2, 0.25) is 5.02 Å². The Morgan fingerprint density at radius 2 is 1.72 bits per heavy atom. The Balaban J connectivity index is 1.04. The van der Waals surface area contributed by atoms with Gasteiger partial charge in [0.2, 0.25) is 0 Å². The molecule has 0 spiro atoms. The van der Waals surface area contributed by atoms with Crippen LogP contribution in [0.5, 0.6) is 5.75 Å². The third-order valence-electron chi connectivity index (χ3n) is 7.49. The molecule has 3 heterocycles. The number of hydrogen-bond acceptors (Lipinski definition) is 6. The second-order valence-electron chi connectivity index (χ2n) is 10.1. The number of rotatable bonds is 9. The number of piperazine rings is 1. The van der Waals surface area contributed by atoms with Gasteiger partial charge in [-0.3, -0.25) is 14.6 Å². The van der Waals surface area contributed by atoms with Crippen LogP contribution >= 0.6 is 27.5 Å². The quantitative estimate of drug-likeness (QED) is 0.340. The van der Waals surface area contributed by atoms with Crippen LogP contribution in [0.15, 0.2) is 71.3 Å². The maximum atomic E-state index is 12.6. The highest BCUT2D eigenvalue weighted by Gasteiger charge is 2.28. The number of benzene rings is 2. The molecule has 2 aromatic carbocycles. The highest BCUT2D eigenvalue weighted by atomic mass is 79.9. The van der Waals surface area contributed by atoms with Gasteiger partial charge in [0.15, 0.2) is 0 Å². The standard InChI is InChI=1S/C30H35BrClN5O2/c31-25-8-6-23(7-9-25)22-35-13-10-26(11-14-35)36-15-17-37(18-16-36)29-28(32)20-24(21-34-29)30(38)33-12-19-39-27-4-2-1-3-5-27/h1-9,20-21,26H,10-19,22H2,(H,33,38). The van der Waals surface area contributed by atoms with Crippen LogP contribution in [0, 0.1) is 0 Å². The summed E-state index contributed by atoms with van der Waals surface area (Å²) in [6.45, 7) is 7.85. The van der Waals surface area contributed by atoms with Crippen LogP contribution in [0.3, 0.4) is 0 Å². The highest BCUT2D eigenvalue weighted by Crippen LogP contribution is 2.27. The SMILES string of the molecule is O=C(NCCOc1ccccc1)c1cnc(N2CCN(C3CCN(Cc4ccc(Br)cc4)CC3)CC2)c(Cl)c1. The van der Waals surface area contributed by atoms with Gasteiger partial charge in [0.25, 0.3) is 5.91 Å². The van der Waals surface area contributed by atoms with Crippen LogP contribution in [-0.2, 0) is 6.54 Å². The van der Waals surface area contributed by atoms with Gasteiger partial charge in [0.05, 0.1) is 17.1 Å². The molecular weight excluding hydrogens is 578 g/mol. The van der Waals surface area contributed by atoms with Gasteiger partial charge >= 0.3 is 0 Å². The van der Waals surface area contributed by atoms with Crippen molar-refractivity contribution in [3.63, 3.8) is 0 Å². The molecule has 2 saturated heterocycles. The van der Waals surface area contributed by atoms with Gasteiger partial charge in [0.1, 0.15) is 18.2 Å². The van der Waals surface area contributed by atoms with E-state index in [9.17, 15) is 4.79 Å². The molecular formula is C30H35BrClN5O2. The van der Waals surface area contributed by atoms with Crippen LogP contribution in [0.25, 0.3) is 0 Å². The summed E-state index contributed by atoms with van der Waals surface area (Å²) in [4.78, 5) is 24.5. The lowest BCUT2D eigenvalue weighted by molar-refractivity contribution is 0.0946. The average molecular weight is 613 g/mol. The lowest BCUT2D eigenvalue weighted by Crippen LogP contribution is -2.53. The third kappa shape index (κ3) is 7.72. The van der Waals surface area contributed by atoms with Crippen LogP contribution in [0.4, 0.5) is 5.82 Å². The number of amides is 1. The first-order valence-corrected chi connectivity index (χ1v) is 14.8. The molecule has 1 aromatic heterocycles. The Kier molecular flexibility index (Phi) is 9.74. The summed E-state index contributed by atoms with van der Waals surface area (Å²) >= 11 is 10.1. The minimum absolute atomic E-state index is 0.205. The van der Waals surface area contributed by atoms with Crippen molar-refractivity contribution in [1.82, 2.24) is 20.1 Å². The summed E-state index contributed by atoms with van der Waals surface area (Å²) in [5, 5.41) is 3.38. The minimum Gasteiger partial charge on any atom is -0.492 e. The molecule has 1 N–H and O–H groups in total. The zero-order chi connectivity index (χ0) is 27.0. The van der Waals surface area contributed by atoms with Crippen molar-refractivity contribution >= 4 is 39.3 Å². The lowest BCUT2D eigenvalue weighted by atomic mass is 10.0. The molecule has 3 aromatic rings. The highest BCUT2D eigenvalue weighted by molar-refractivity contribution is 9.10. The second-order valence-corrected chi connectivity index (χ2v) is 11.4. The van der Waals surface area contributed by atoms with Gasteiger partial charge in [-0.1, -0.05) is 57.9 Å². The van der Waals surface area contributed by atoms with E-state index in [1.54, 1.807) is 12.3 Å². The fraction of sp³-hybridized carbons (Fsp3) is 0.400. The Morgan fingerprint density at radius 3 is 2.41 bits per heavy atom. The summed E-state index contributed by atoms with van der Waals surface area (Å²) in [5.74, 6) is 1.33. The van der Waals surface area contributed by atoms with E-state index in [-0.39, 0.29) is 5.91 Å². The molecule has 0 radical (unpaired) electrons. The van der Waals surface area contributed by atoms with Crippen LogP contribution in [-0.4, -0.2) is 79.2 Å². The number of ether oxygens (including phenoxy) is 1. The lowest BCUT2D eigenvalue weighted by Gasteiger charge is -2.43. The number of likely N-dealkylation sites (tertiary alicyclic amines) is 1. The molecule has 39 heavy (non-hydrogen) atoms. The number of anilines is 1. The number of carbonyl (C=O) groups is 1. The monoisotopic (exact) mass is 611 g/mol. The molecule has 0 bridgehead atoms. The number of nitrogens with zero attached hydrogens (tertiary/aromatic N) is 4. The number of piperidine rings is 1. The largest absolute Gasteiger partial charge is 0.492 e. The number of aromatic nitrogens is 1. The molecule has 7 nitrogen and oxygen atoms in total. The Morgan fingerprint density at radius 1 is 1.00 bits per heavy atom. The summed E-state index contributed by atoms with van der Waals surface area (Å²) in [7, 11) is 0. The van der Waals surface area contributed by atoms with E-state index >= 15 is 0 Å². The number of pyridine rings is 1. The van der Waals surface area contributed by atoms with E-state index in [0.717, 1.165) is 61.9 Å². The van der Waals surface area contributed by atoms with Crippen molar-refractivity contribution in [3.05, 3.63) is 87.5 Å². The molecule has 1 amide bonds. The zero-order valence-electron chi connectivity index (χ0n) is 22.1. The van der Waals surface area contributed by atoms with E-state index in [2.05, 4.69) is 65.2 Å². The average Bonchev–Trinajstić information content (AvgIpc) is 2.97. The van der Waals surface area contributed by atoms with Gasteiger partial charge in [-0.2, -0.15) is 0 Å². The number of para-hydroxylation sites is 1. The van der Waals surface area contributed by atoms with Crippen LogP contribution in [0.1, 0.15) is 28.8 Å². The predicted octanol–water partition coefficient (Wildman–Crippen LogP) is 5.09. The van der Waals surface area contributed by atoms with Gasteiger partial charge in [0, 0.05) is 49.4 Å². The van der Waals surface area contributed by atoms with Crippen molar-refractivity contribution in [1.29, 1.82) is 0 Å². The summed E-state index contributed by atoms with van der Waals surface area (Å²) in [5.41, 5.74) is 1.83. The normalized spacial score (nSPS) is 17.2. The van der Waals surface area contributed by atoms with E-state index < -0.39 is 0 Å². The van der Waals surface area contributed by atoms with Crippen molar-refractivity contribution < 1.29 is 9.53 Å². The molecule has 0 saturated carbocycles. The zero-order valence-corrected chi connectivity index (χ0v) is 24.4.